The molecule has 0 bridgehead atoms. The van der Waals surface area contributed by atoms with Crippen LogP contribution in [0.4, 0.5) is 0 Å². The number of hydrogen-bond acceptors (Lipinski definition) is 2. The van der Waals surface area contributed by atoms with E-state index in [1.165, 1.54) is 6.20 Å². The van der Waals surface area contributed by atoms with Crippen LogP contribution in [-0.4, -0.2) is 15.3 Å². The largest absolute Gasteiger partial charge is 0.325 e. The zero-order chi connectivity index (χ0) is 8.27. The molecule has 0 saturated heterocycles. The number of nitrogens with one attached hydrogen (secondary N) is 2. The minimum atomic E-state index is -0.465. The maximum atomic E-state index is 10.9. The van der Waals surface area contributed by atoms with Crippen LogP contribution in [0.2, 0.25) is 0 Å². The predicted molar refractivity (Wildman–Crippen MR) is 45.2 cm³/mol. The molecule has 11 heavy (non-hydrogen) atoms. The third kappa shape index (κ3) is 2.04. The molecule has 0 spiro atoms. The Hall–Kier alpha value is -0.840. The fraction of sp³-hybridized carbons (Fsp3) is 0.333. The van der Waals surface area contributed by atoms with Crippen molar-refractivity contribution < 1.29 is 0 Å². The number of hydrogen-bond donors (Lipinski definition) is 2. The zero-order valence-electron chi connectivity index (χ0n) is 5.69. The second kappa shape index (κ2) is 3.52. The Bertz CT molecular complexity index is 341. The highest BCUT2D eigenvalue weighted by atomic mass is 79.9. The van der Waals surface area contributed by atoms with Crippen molar-refractivity contribution in [1.29, 1.82) is 0 Å². The molecule has 0 amide bonds. The Kier molecular flexibility index (Phi) is 2.64. The van der Waals surface area contributed by atoms with E-state index in [2.05, 4.69) is 25.9 Å². The molecule has 2 N–H and O–H groups in total. The van der Waals surface area contributed by atoms with Gasteiger partial charge in [-0.25, -0.2) is 4.79 Å². The third-order valence-electron chi connectivity index (χ3n) is 1.26. The van der Waals surface area contributed by atoms with Gasteiger partial charge in [0.1, 0.15) is 0 Å². The maximum absolute atomic E-state index is 10.9. The van der Waals surface area contributed by atoms with Crippen LogP contribution in [0.1, 0.15) is 5.56 Å². The van der Waals surface area contributed by atoms with Gasteiger partial charge in [0.05, 0.1) is 0 Å². The summed E-state index contributed by atoms with van der Waals surface area (Å²) in [5.41, 5.74) is -0.192. The number of aromatic nitrogens is 2. The number of rotatable bonds is 2. The summed E-state index contributed by atoms with van der Waals surface area (Å²) in [4.78, 5) is 26.0. The summed E-state index contributed by atoms with van der Waals surface area (Å²) >= 11 is 3.19. The molecule has 1 rings (SSSR count). The highest BCUT2D eigenvalue weighted by Gasteiger charge is 1.97. The summed E-state index contributed by atoms with van der Waals surface area (Å²) in [6.45, 7) is 0. The van der Waals surface area contributed by atoms with Gasteiger partial charge < -0.3 is 4.98 Å². The van der Waals surface area contributed by atoms with E-state index >= 15 is 0 Å². The molecule has 1 aromatic heterocycles. The van der Waals surface area contributed by atoms with Gasteiger partial charge in [-0.2, -0.15) is 0 Å². The highest BCUT2D eigenvalue weighted by Crippen LogP contribution is 1.90. The number of aromatic amines is 2. The second-order valence-electron chi connectivity index (χ2n) is 2.04. The zero-order valence-corrected chi connectivity index (χ0v) is 7.27. The Balaban J connectivity index is 3.10. The van der Waals surface area contributed by atoms with Gasteiger partial charge in [-0.1, -0.05) is 15.9 Å². The van der Waals surface area contributed by atoms with E-state index in [0.717, 1.165) is 0 Å². The van der Waals surface area contributed by atoms with Gasteiger partial charge in [-0.3, -0.25) is 9.78 Å². The highest BCUT2D eigenvalue weighted by molar-refractivity contribution is 9.09. The summed E-state index contributed by atoms with van der Waals surface area (Å²) in [6.07, 6.45) is 2.05. The quantitative estimate of drug-likeness (QED) is 0.687. The molecule has 5 heteroatoms. The van der Waals surface area contributed by atoms with E-state index in [-0.39, 0.29) is 5.56 Å². The van der Waals surface area contributed by atoms with Gasteiger partial charge in [0, 0.05) is 17.1 Å². The van der Waals surface area contributed by atoms with Crippen molar-refractivity contribution in [2.75, 3.05) is 5.33 Å². The standard InChI is InChI=1S/C6H7BrN2O2/c7-2-1-4-3-8-6(11)9-5(4)10/h3H,1-2H2,(H2,8,9,10,11). The van der Waals surface area contributed by atoms with Crippen molar-refractivity contribution in [2.24, 2.45) is 0 Å². The monoisotopic (exact) mass is 218 g/mol. The molecule has 0 atom stereocenters. The summed E-state index contributed by atoms with van der Waals surface area (Å²) in [5.74, 6) is 0. The van der Waals surface area contributed by atoms with Gasteiger partial charge in [-0.05, 0) is 6.42 Å². The normalized spacial score (nSPS) is 9.91. The summed E-state index contributed by atoms with van der Waals surface area (Å²) in [7, 11) is 0. The first-order valence-corrected chi connectivity index (χ1v) is 4.23. The smallest absolute Gasteiger partial charge is 0.314 e. The minimum Gasteiger partial charge on any atom is -0.314 e. The lowest BCUT2D eigenvalue weighted by Gasteiger charge is -1.92. The topological polar surface area (TPSA) is 65.7 Å². The molecule has 60 valence electrons. The Morgan fingerprint density at radius 2 is 2.18 bits per heavy atom. The van der Waals surface area contributed by atoms with E-state index in [1.807, 2.05) is 0 Å². The molecular weight excluding hydrogens is 212 g/mol. The molecule has 0 aliphatic heterocycles. The lowest BCUT2D eigenvalue weighted by atomic mass is 10.3. The Labute approximate surface area is 70.8 Å². The number of alkyl halides is 1. The summed E-state index contributed by atoms with van der Waals surface area (Å²) in [5, 5.41) is 0.710. The van der Waals surface area contributed by atoms with E-state index in [0.29, 0.717) is 17.3 Å². The average Bonchev–Trinajstić information content (AvgIpc) is 1.95. The third-order valence-corrected chi connectivity index (χ3v) is 1.66. The average molecular weight is 219 g/mol. The van der Waals surface area contributed by atoms with Crippen molar-refractivity contribution in [3.05, 3.63) is 32.6 Å². The molecule has 0 unspecified atom stereocenters. The number of H-pyrrole nitrogens is 2. The Morgan fingerprint density at radius 3 is 2.73 bits per heavy atom. The molecule has 4 nitrogen and oxygen atoms in total. The van der Waals surface area contributed by atoms with Gasteiger partial charge in [0.15, 0.2) is 0 Å². The van der Waals surface area contributed by atoms with Crippen molar-refractivity contribution in [3.63, 3.8) is 0 Å². The van der Waals surface area contributed by atoms with Gasteiger partial charge in [0.2, 0.25) is 0 Å². The minimum absolute atomic E-state index is 0.312. The lowest BCUT2D eigenvalue weighted by Crippen LogP contribution is -2.24. The first-order valence-electron chi connectivity index (χ1n) is 3.11. The summed E-state index contributed by atoms with van der Waals surface area (Å²) in [6, 6.07) is 0. The SMILES string of the molecule is O=c1[nH]cc(CCBr)c(=O)[nH]1. The van der Waals surface area contributed by atoms with Crippen molar-refractivity contribution in [3.8, 4) is 0 Å². The lowest BCUT2D eigenvalue weighted by molar-refractivity contribution is 0.967. The fourth-order valence-electron chi connectivity index (χ4n) is 0.725. The van der Waals surface area contributed by atoms with Crippen LogP contribution in [0.5, 0.6) is 0 Å². The first-order chi connectivity index (χ1) is 5.24. The van der Waals surface area contributed by atoms with Crippen LogP contribution < -0.4 is 11.2 Å². The van der Waals surface area contributed by atoms with Crippen molar-refractivity contribution in [1.82, 2.24) is 9.97 Å². The number of aryl methyl sites for hydroxylation is 1. The van der Waals surface area contributed by atoms with Gasteiger partial charge in [0.25, 0.3) is 5.56 Å². The van der Waals surface area contributed by atoms with Gasteiger partial charge >= 0.3 is 5.69 Å². The van der Waals surface area contributed by atoms with E-state index in [4.69, 9.17) is 0 Å². The molecule has 1 aromatic rings. The Morgan fingerprint density at radius 1 is 1.45 bits per heavy atom. The van der Waals surface area contributed by atoms with Crippen LogP contribution in [0.25, 0.3) is 0 Å². The van der Waals surface area contributed by atoms with Crippen molar-refractivity contribution >= 4 is 15.9 Å². The molecule has 1 heterocycles. The second-order valence-corrected chi connectivity index (χ2v) is 2.83. The van der Waals surface area contributed by atoms with Crippen LogP contribution in [0.15, 0.2) is 15.8 Å². The van der Waals surface area contributed by atoms with Crippen molar-refractivity contribution in [2.45, 2.75) is 6.42 Å². The number of halogens is 1. The van der Waals surface area contributed by atoms with E-state index in [1.54, 1.807) is 0 Å². The molecule has 0 aliphatic carbocycles. The first kappa shape index (κ1) is 8.26. The van der Waals surface area contributed by atoms with E-state index < -0.39 is 5.69 Å². The molecule has 0 aromatic carbocycles. The predicted octanol–water partition coefficient (Wildman–Crippen LogP) is 0.000600. The molecule has 0 fully saturated rings. The molecule has 0 radical (unpaired) electrons. The van der Waals surface area contributed by atoms with Crippen LogP contribution >= 0.6 is 15.9 Å². The van der Waals surface area contributed by atoms with Gasteiger partial charge in [-0.15, -0.1) is 0 Å². The van der Waals surface area contributed by atoms with Crippen LogP contribution in [-0.2, 0) is 6.42 Å². The summed E-state index contributed by atoms with van der Waals surface area (Å²) < 4.78 is 0. The molecule has 0 aliphatic rings. The molecular formula is C6H7BrN2O2. The van der Waals surface area contributed by atoms with Crippen LogP contribution in [0, 0.1) is 0 Å². The maximum Gasteiger partial charge on any atom is 0.325 e. The van der Waals surface area contributed by atoms with E-state index in [9.17, 15) is 9.59 Å². The van der Waals surface area contributed by atoms with Crippen LogP contribution in [0.3, 0.4) is 0 Å². The molecule has 0 saturated carbocycles. The fourth-order valence-corrected chi connectivity index (χ4v) is 1.15.